The highest BCUT2D eigenvalue weighted by Crippen LogP contribution is 2.23. The smallest absolute Gasteiger partial charge is 0.249 e. The topological polar surface area (TPSA) is 189 Å². The van der Waals surface area contributed by atoms with Gasteiger partial charge in [-0.1, -0.05) is 217 Å². The van der Waals surface area contributed by atoms with Gasteiger partial charge in [-0.3, -0.25) is 4.79 Å². The van der Waals surface area contributed by atoms with Gasteiger partial charge in [-0.15, -0.1) is 0 Å². The van der Waals surface area contributed by atoms with Crippen LogP contribution in [0.4, 0.5) is 0 Å². The molecule has 0 aromatic carbocycles. The largest absolute Gasteiger partial charge is 0.394 e. The van der Waals surface area contributed by atoms with Crippen LogP contribution in [0.25, 0.3) is 0 Å². The van der Waals surface area contributed by atoms with Crippen LogP contribution in [0.1, 0.15) is 258 Å². The van der Waals surface area contributed by atoms with Gasteiger partial charge >= 0.3 is 0 Å². The molecule has 1 saturated heterocycles. The van der Waals surface area contributed by atoms with Crippen LogP contribution in [0.3, 0.4) is 0 Å². The number of rotatable bonds is 50. The minimum absolute atomic E-state index is 0.240. The van der Waals surface area contributed by atoms with Crippen LogP contribution in [-0.2, 0) is 14.3 Å². The van der Waals surface area contributed by atoms with Crippen LogP contribution in [0, 0.1) is 0 Å². The van der Waals surface area contributed by atoms with Gasteiger partial charge in [-0.2, -0.15) is 0 Å². The van der Waals surface area contributed by atoms with E-state index < -0.39 is 74.2 Å². The molecule has 1 aliphatic heterocycles. The number of carbonyl (C=O) groups excluding carboxylic acids is 1. The van der Waals surface area contributed by atoms with E-state index in [0.29, 0.717) is 19.3 Å². The number of hydrogen-bond acceptors (Lipinski definition) is 10. The molecule has 8 N–H and O–H groups in total. The highest BCUT2D eigenvalue weighted by Gasteiger charge is 2.44. The number of aliphatic hydroxyl groups is 7. The molecular formula is C60H111NO10. The maximum atomic E-state index is 13.2. The fraction of sp³-hybridized carbons (Fsp3) is 0.850. The molecule has 0 saturated carbocycles. The van der Waals surface area contributed by atoms with E-state index in [9.17, 15) is 40.5 Å². The van der Waals surface area contributed by atoms with E-state index in [4.69, 9.17) is 9.47 Å². The summed E-state index contributed by atoms with van der Waals surface area (Å²) in [6, 6.07) is -1.20. The van der Waals surface area contributed by atoms with E-state index in [-0.39, 0.29) is 12.8 Å². The fourth-order valence-corrected chi connectivity index (χ4v) is 9.23. The van der Waals surface area contributed by atoms with Gasteiger partial charge < -0.3 is 50.5 Å². The molecule has 9 atom stereocenters. The second-order valence-electron chi connectivity index (χ2n) is 20.7. The molecule has 11 nitrogen and oxygen atoms in total. The predicted molar refractivity (Wildman–Crippen MR) is 293 cm³/mol. The Morgan fingerprint density at radius 1 is 0.479 bits per heavy atom. The maximum absolute atomic E-state index is 13.2. The van der Waals surface area contributed by atoms with E-state index in [2.05, 4.69) is 67.8 Å². The quantitative estimate of drug-likeness (QED) is 0.0215. The number of allylic oxidation sites excluding steroid dienone is 8. The van der Waals surface area contributed by atoms with Gasteiger partial charge in [0.25, 0.3) is 0 Å². The maximum Gasteiger partial charge on any atom is 0.249 e. The van der Waals surface area contributed by atoms with E-state index in [1.54, 1.807) is 0 Å². The van der Waals surface area contributed by atoms with Crippen molar-refractivity contribution in [3.8, 4) is 0 Å². The van der Waals surface area contributed by atoms with E-state index in [0.717, 1.165) is 44.9 Å². The molecule has 0 aromatic rings. The summed E-state index contributed by atoms with van der Waals surface area (Å²) in [4.78, 5) is 13.2. The first kappa shape index (κ1) is 67.1. The Hall–Kier alpha value is -1.93. The first-order valence-corrected chi connectivity index (χ1v) is 29.5. The molecule has 0 radical (unpaired) electrons. The minimum atomic E-state index is -1.67. The summed E-state index contributed by atoms with van der Waals surface area (Å²) < 4.78 is 11.1. The molecule has 1 amide bonds. The predicted octanol–water partition coefficient (Wildman–Crippen LogP) is 12.5. The summed E-state index contributed by atoms with van der Waals surface area (Å²) in [6.45, 7) is 3.44. The molecular weight excluding hydrogens is 895 g/mol. The molecule has 11 heteroatoms. The van der Waals surface area contributed by atoms with Crippen molar-refractivity contribution in [1.29, 1.82) is 0 Å². The van der Waals surface area contributed by atoms with Crippen molar-refractivity contribution in [2.24, 2.45) is 0 Å². The lowest BCUT2D eigenvalue weighted by Crippen LogP contribution is -2.60. The summed E-state index contributed by atoms with van der Waals surface area (Å²) in [5.41, 5.74) is 0. The average molecular weight is 1010 g/mol. The van der Waals surface area contributed by atoms with Gasteiger partial charge in [-0.25, -0.2) is 0 Å². The minimum Gasteiger partial charge on any atom is -0.394 e. The molecule has 0 bridgehead atoms. The SMILES string of the molecule is CCCCCCCC/C=C/CC/C=C/CC/C=C/CCCC(O)C(O)C(COC1OC(CO)C(O)C(O)C1O)NC(=O)C(O)CCCCCCCCCCC/C=C\CCCCCCCCCCCCCC. The third-order valence-electron chi connectivity index (χ3n) is 14.1. The van der Waals surface area contributed by atoms with E-state index in [1.807, 2.05) is 0 Å². The Bertz CT molecular complexity index is 1290. The van der Waals surface area contributed by atoms with E-state index >= 15 is 0 Å². The molecule has 1 fully saturated rings. The number of aliphatic hydroxyl groups excluding tert-OH is 7. The van der Waals surface area contributed by atoms with Gasteiger partial charge in [0.05, 0.1) is 25.4 Å². The molecule has 9 unspecified atom stereocenters. The summed E-state index contributed by atoms with van der Waals surface area (Å²) >= 11 is 0. The van der Waals surface area contributed by atoms with Gasteiger partial charge in [0, 0.05) is 0 Å². The molecule has 0 spiro atoms. The van der Waals surface area contributed by atoms with Crippen LogP contribution in [0.15, 0.2) is 48.6 Å². The van der Waals surface area contributed by atoms with Gasteiger partial charge in [0.15, 0.2) is 6.29 Å². The van der Waals surface area contributed by atoms with Gasteiger partial charge in [0.2, 0.25) is 5.91 Å². The number of amides is 1. The van der Waals surface area contributed by atoms with Crippen LogP contribution in [0.2, 0.25) is 0 Å². The van der Waals surface area contributed by atoms with Crippen molar-refractivity contribution in [2.75, 3.05) is 13.2 Å². The second kappa shape index (κ2) is 49.0. The lowest BCUT2D eigenvalue weighted by atomic mass is 9.98. The molecule has 1 rings (SSSR count). The van der Waals surface area contributed by atoms with Crippen molar-refractivity contribution >= 4 is 5.91 Å². The summed E-state index contributed by atoms with van der Waals surface area (Å²) in [5, 5.41) is 76.1. The number of ether oxygens (including phenoxy) is 2. The van der Waals surface area contributed by atoms with Crippen molar-refractivity contribution in [3.05, 3.63) is 48.6 Å². The third-order valence-corrected chi connectivity index (χ3v) is 14.1. The Morgan fingerprint density at radius 3 is 1.25 bits per heavy atom. The van der Waals surface area contributed by atoms with E-state index in [1.165, 1.54) is 167 Å². The second-order valence-corrected chi connectivity index (χ2v) is 20.7. The Labute approximate surface area is 434 Å². The zero-order valence-electron chi connectivity index (χ0n) is 45.5. The lowest BCUT2D eigenvalue weighted by molar-refractivity contribution is -0.303. The van der Waals surface area contributed by atoms with Crippen molar-refractivity contribution in [2.45, 2.75) is 313 Å². The molecule has 71 heavy (non-hydrogen) atoms. The molecule has 0 aliphatic carbocycles. The summed E-state index contributed by atoms with van der Waals surface area (Å²) in [6.07, 6.45) is 50.2. The molecule has 1 aliphatic rings. The highest BCUT2D eigenvalue weighted by molar-refractivity contribution is 5.80. The number of hydrogen-bond donors (Lipinski definition) is 8. The highest BCUT2D eigenvalue weighted by atomic mass is 16.7. The third kappa shape index (κ3) is 37.5. The zero-order chi connectivity index (χ0) is 51.8. The van der Waals surface area contributed by atoms with Crippen molar-refractivity contribution in [1.82, 2.24) is 5.32 Å². The molecule has 416 valence electrons. The molecule has 1 heterocycles. The molecule has 0 aromatic heterocycles. The first-order chi connectivity index (χ1) is 34.7. The normalized spacial score (nSPS) is 20.5. The Balaban J connectivity index is 2.33. The first-order valence-electron chi connectivity index (χ1n) is 29.5. The van der Waals surface area contributed by atoms with Crippen molar-refractivity contribution < 1.29 is 50.0 Å². The summed E-state index contributed by atoms with van der Waals surface area (Å²) in [5.74, 6) is -0.713. The van der Waals surface area contributed by atoms with Crippen LogP contribution in [0.5, 0.6) is 0 Å². The number of nitrogens with one attached hydrogen (secondary N) is 1. The summed E-state index contributed by atoms with van der Waals surface area (Å²) in [7, 11) is 0. The van der Waals surface area contributed by atoms with Crippen molar-refractivity contribution in [3.63, 3.8) is 0 Å². The monoisotopic (exact) mass is 1010 g/mol. The fourth-order valence-electron chi connectivity index (χ4n) is 9.23. The van der Waals surface area contributed by atoms with Crippen LogP contribution >= 0.6 is 0 Å². The average Bonchev–Trinajstić information content (AvgIpc) is 3.37. The lowest BCUT2D eigenvalue weighted by Gasteiger charge is -2.40. The van der Waals surface area contributed by atoms with Gasteiger partial charge in [0.1, 0.15) is 36.6 Å². The van der Waals surface area contributed by atoms with Crippen LogP contribution in [-0.4, -0.2) is 110 Å². The Morgan fingerprint density at radius 2 is 0.845 bits per heavy atom. The number of unbranched alkanes of at least 4 members (excludes halogenated alkanes) is 30. The Kier molecular flexibility index (Phi) is 46.3. The van der Waals surface area contributed by atoms with Crippen LogP contribution < -0.4 is 5.32 Å². The standard InChI is InChI=1S/C60H111NO10/c1-3-5-7-9-11-13-15-17-19-21-23-24-25-26-27-28-30-32-34-36-38-40-42-44-46-48-53(64)59(69)61-51(50-70-60-58(68)57(67)56(66)54(49-62)71-60)55(65)52(63)47-45-43-41-39-37-35-33-31-29-22-20-18-16-14-12-10-8-6-4-2/h18,20,26-27,31,33,39,41,51-58,60,62-68H,3-17,19,21-25,28-30,32,34-38,40,42-50H2,1-2H3,(H,61,69)/b20-18+,27-26-,33-31+,41-39+. The van der Waals surface area contributed by atoms with Gasteiger partial charge in [-0.05, 0) is 89.9 Å². The number of carbonyl (C=O) groups is 1. The zero-order valence-corrected chi connectivity index (χ0v) is 45.5.